The number of nitrogens with zero attached hydrogens (tertiary/aromatic N) is 1. The van der Waals surface area contributed by atoms with Gasteiger partial charge in [-0.25, -0.2) is 0 Å². The van der Waals surface area contributed by atoms with Gasteiger partial charge in [0.15, 0.2) is 0 Å². The highest BCUT2D eigenvalue weighted by molar-refractivity contribution is 7.26. The molecule has 3 heterocycles. The molecule has 0 amide bonds. The molecule has 0 fully saturated rings. The van der Waals surface area contributed by atoms with Crippen LogP contribution in [0.3, 0.4) is 0 Å². The van der Waals surface area contributed by atoms with Crippen molar-refractivity contribution < 1.29 is 0 Å². The third-order valence-corrected chi connectivity index (χ3v) is 8.82. The second-order valence-electron chi connectivity index (χ2n) is 9.84. The van der Waals surface area contributed by atoms with Gasteiger partial charge < -0.3 is 5.32 Å². The van der Waals surface area contributed by atoms with E-state index in [0.717, 1.165) is 5.82 Å². The molecule has 3 heteroatoms. The Morgan fingerprint density at radius 2 is 1.29 bits per heavy atom. The van der Waals surface area contributed by atoms with E-state index in [1.807, 2.05) is 11.3 Å². The van der Waals surface area contributed by atoms with E-state index >= 15 is 0 Å². The zero-order valence-corrected chi connectivity index (χ0v) is 21.5. The van der Waals surface area contributed by atoms with Crippen molar-refractivity contribution in [3.63, 3.8) is 0 Å². The van der Waals surface area contributed by atoms with Gasteiger partial charge in [0.1, 0.15) is 5.82 Å². The average molecular weight is 505 g/mol. The van der Waals surface area contributed by atoms with E-state index in [4.69, 9.17) is 0 Å². The predicted octanol–water partition coefficient (Wildman–Crippen LogP) is 9.39. The number of rotatable bonds is 3. The summed E-state index contributed by atoms with van der Waals surface area (Å²) in [5.41, 5.74) is 6.18. The third-order valence-electron chi connectivity index (χ3n) is 7.63. The van der Waals surface area contributed by atoms with Gasteiger partial charge in [-0.1, -0.05) is 109 Å². The van der Waals surface area contributed by atoms with Crippen LogP contribution in [0.4, 0.5) is 0 Å². The number of hydrogen-bond acceptors (Lipinski definition) is 2. The number of dihydropyridines is 1. The molecule has 1 aliphatic rings. The number of aromatic nitrogens is 1. The molecule has 0 bridgehead atoms. The van der Waals surface area contributed by atoms with Gasteiger partial charge in [0.2, 0.25) is 0 Å². The van der Waals surface area contributed by atoms with Crippen molar-refractivity contribution in [2.75, 3.05) is 0 Å². The van der Waals surface area contributed by atoms with Crippen LogP contribution in [0.1, 0.15) is 17.2 Å². The van der Waals surface area contributed by atoms with Crippen LogP contribution in [0.5, 0.6) is 0 Å². The zero-order valence-electron chi connectivity index (χ0n) is 20.6. The highest BCUT2D eigenvalue weighted by atomic mass is 32.1. The van der Waals surface area contributed by atoms with Crippen LogP contribution in [-0.4, -0.2) is 4.57 Å². The van der Waals surface area contributed by atoms with Gasteiger partial charge in [-0.15, -0.1) is 11.3 Å². The van der Waals surface area contributed by atoms with Crippen molar-refractivity contribution in [3.05, 3.63) is 145 Å². The molecule has 180 valence electrons. The van der Waals surface area contributed by atoms with E-state index in [2.05, 4.69) is 143 Å². The van der Waals surface area contributed by atoms with Crippen molar-refractivity contribution >= 4 is 64.7 Å². The van der Waals surface area contributed by atoms with E-state index in [0.29, 0.717) is 0 Å². The second kappa shape index (κ2) is 8.47. The first kappa shape index (κ1) is 21.5. The lowest BCUT2D eigenvalue weighted by molar-refractivity contribution is 0.739. The Morgan fingerprint density at radius 1 is 0.605 bits per heavy atom. The van der Waals surface area contributed by atoms with Gasteiger partial charge in [0.05, 0.1) is 21.8 Å². The Bertz CT molecular complexity index is 2040. The van der Waals surface area contributed by atoms with Crippen LogP contribution >= 0.6 is 11.3 Å². The molecule has 2 nitrogen and oxygen atoms in total. The Kier molecular flexibility index (Phi) is 4.79. The minimum absolute atomic E-state index is 0.0595. The minimum atomic E-state index is 0.0595. The Labute approximate surface area is 224 Å². The van der Waals surface area contributed by atoms with Crippen molar-refractivity contribution in [2.45, 2.75) is 6.04 Å². The molecule has 1 aliphatic heterocycles. The molecule has 0 saturated heterocycles. The highest BCUT2D eigenvalue weighted by Crippen LogP contribution is 2.43. The molecule has 0 saturated carbocycles. The van der Waals surface area contributed by atoms with Crippen LogP contribution < -0.4 is 5.32 Å². The number of allylic oxidation sites excluding steroid dienone is 2. The molecule has 1 unspecified atom stereocenters. The van der Waals surface area contributed by atoms with Gasteiger partial charge in [0.25, 0.3) is 0 Å². The van der Waals surface area contributed by atoms with Crippen LogP contribution in [0.2, 0.25) is 0 Å². The van der Waals surface area contributed by atoms with E-state index < -0.39 is 0 Å². The summed E-state index contributed by atoms with van der Waals surface area (Å²) < 4.78 is 5.10. The number of nitrogens with one attached hydrogen (secondary N) is 1. The number of thiophene rings is 1. The number of para-hydroxylation sites is 1. The molecule has 0 spiro atoms. The van der Waals surface area contributed by atoms with E-state index in [9.17, 15) is 0 Å². The SMILES string of the molecule is C1=C(c2ccccc2)C=C(n2c3ccccc3c3ccc4c5ccccc5sc4c32)NC1c1ccccc1. The molecule has 2 aromatic heterocycles. The number of hydrogen-bond donors (Lipinski definition) is 1. The fourth-order valence-corrected chi connectivity index (χ4v) is 7.12. The van der Waals surface area contributed by atoms with Gasteiger partial charge in [-0.05, 0) is 41.0 Å². The summed E-state index contributed by atoms with van der Waals surface area (Å²) in [6.45, 7) is 0. The van der Waals surface area contributed by atoms with E-state index in [1.165, 1.54) is 58.7 Å². The number of benzene rings is 5. The van der Waals surface area contributed by atoms with Gasteiger partial charge in [-0.3, -0.25) is 4.57 Å². The summed E-state index contributed by atoms with van der Waals surface area (Å²) >= 11 is 1.89. The first-order chi connectivity index (χ1) is 18.8. The van der Waals surface area contributed by atoms with Gasteiger partial charge >= 0.3 is 0 Å². The largest absolute Gasteiger partial charge is 0.361 e. The zero-order chi connectivity index (χ0) is 25.1. The average Bonchev–Trinajstić information content (AvgIpc) is 3.54. The van der Waals surface area contributed by atoms with Gasteiger partial charge in [0, 0.05) is 26.2 Å². The summed E-state index contributed by atoms with van der Waals surface area (Å²) in [5.74, 6) is 1.09. The lowest BCUT2D eigenvalue weighted by Crippen LogP contribution is -2.25. The first-order valence-electron chi connectivity index (χ1n) is 13.0. The van der Waals surface area contributed by atoms with Crippen LogP contribution in [0, 0.1) is 0 Å². The molecule has 1 N–H and O–H groups in total. The number of fused-ring (bicyclic) bond motifs is 7. The maximum atomic E-state index is 3.91. The summed E-state index contributed by atoms with van der Waals surface area (Å²) in [6.07, 6.45) is 4.66. The molecule has 0 radical (unpaired) electrons. The molecular formula is C35H24N2S. The smallest absolute Gasteiger partial charge is 0.112 e. The molecule has 0 aliphatic carbocycles. The third kappa shape index (κ3) is 3.26. The minimum Gasteiger partial charge on any atom is -0.361 e. The molecule has 5 aromatic carbocycles. The topological polar surface area (TPSA) is 17.0 Å². The van der Waals surface area contributed by atoms with Crippen molar-refractivity contribution in [2.24, 2.45) is 0 Å². The Balaban J connectivity index is 1.45. The Hall–Kier alpha value is -4.60. The van der Waals surface area contributed by atoms with Crippen LogP contribution in [0.15, 0.2) is 133 Å². The summed E-state index contributed by atoms with van der Waals surface area (Å²) in [7, 11) is 0. The fraction of sp³-hybridized carbons (Fsp3) is 0.0286. The van der Waals surface area contributed by atoms with Crippen molar-refractivity contribution in [1.82, 2.24) is 9.88 Å². The standard InChI is InChI=1S/C35H24N2S/c1-3-11-23(12-4-1)25-21-30(24-13-5-2-6-14-24)36-33(22-25)37-31-17-9-7-15-26(31)28-19-20-29-27-16-8-10-18-32(27)38-35(29)34(28)37/h1-22,30,36H. The lowest BCUT2D eigenvalue weighted by Gasteiger charge is -2.27. The maximum absolute atomic E-state index is 3.91. The highest BCUT2D eigenvalue weighted by Gasteiger charge is 2.23. The van der Waals surface area contributed by atoms with Gasteiger partial charge in [-0.2, -0.15) is 0 Å². The molecular weight excluding hydrogens is 480 g/mol. The summed E-state index contributed by atoms with van der Waals surface area (Å²) in [6, 6.07) is 43.6. The van der Waals surface area contributed by atoms with E-state index in [1.54, 1.807) is 0 Å². The maximum Gasteiger partial charge on any atom is 0.112 e. The molecule has 38 heavy (non-hydrogen) atoms. The Morgan fingerprint density at radius 3 is 2.13 bits per heavy atom. The molecule has 7 aromatic rings. The lowest BCUT2D eigenvalue weighted by atomic mass is 9.96. The fourth-order valence-electron chi connectivity index (χ4n) is 5.88. The molecule has 1 atom stereocenters. The predicted molar refractivity (Wildman–Crippen MR) is 163 cm³/mol. The summed E-state index contributed by atoms with van der Waals surface area (Å²) in [5, 5.41) is 9.11. The quantitative estimate of drug-likeness (QED) is 0.254. The normalized spacial score (nSPS) is 15.6. The van der Waals surface area contributed by atoms with E-state index in [-0.39, 0.29) is 6.04 Å². The van der Waals surface area contributed by atoms with Crippen molar-refractivity contribution in [3.8, 4) is 0 Å². The van der Waals surface area contributed by atoms with Crippen molar-refractivity contribution in [1.29, 1.82) is 0 Å². The monoisotopic (exact) mass is 504 g/mol. The molecule has 8 rings (SSSR count). The first-order valence-corrected chi connectivity index (χ1v) is 13.8. The van der Waals surface area contributed by atoms with Crippen LogP contribution in [0.25, 0.3) is 53.4 Å². The second-order valence-corrected chi connectivity index (χ2v) is 10.9. The van der Waals surface area contributed by atoms with Crippen LogP contribution in [-0.2, 0) is 0 Å². The summed E-state index contributed by atoms with van der Waals surface area (Å²) in [4.78, 5) is 0.